The molecule has 0 saturated heterocycles. The van der Waals surface area contributed by atoms with Crippen molar-refractivity contribution in [1.82, 2.24) is 0 Å². The van der Waals surface area contributed by atoms with Gasteiger partial charge in [-0.25, -0.2) is 0 Å². The Hall–Kier alpha value is -0.750. The molecule has 0 spiro atoms. The van der Waals surface area contributed by atoms with Crippen molar-refractivity contribution in [2.45, 2.75) is 6.42 Å². The van der Waals surface area contributed by atoms with E-state index in [9.17, 15) is 14.9 Å². The van der Waals surface area contributed by atoms with E-state index in [-0.39, 0.29) is 23.5 Å². The van der Waals surface area contributed by atoms with Crippen molar-refractivity contribution in [1.29, 1.82) is 0 Å². The van der Waals surface area contributed by atoms with Gasteiger partial charge in [-0.1, -0.05) is 22.0 Å². The van der Waals surface area contributed by atoms with Gasteiger partial charge in [0, 0.05) is 11.8 Å². The average Bonchev–Trinajstić information content (AvgIpc) is 2.17. The van der Waals surface area contributed by atoms with Crippen molar-refractivity contribution in [3.63, 3.8) is 0 Å². The fourth-order valence-corrected chi connectivity index (χ4v) is 2.02. The molecule has 0 fully saturated rings. The van der Waals surface area contributed by atoms with Gasteiger partial charge in [-0.3, -0.25) is 14.9 Å². The highest BCUT2D eigenvalue weighted by Gasteiger charge is 2.22. The zero-order valence-electron chi connectivity index (χ0n) is 7.57. The number of hydrogen-bond donors (Lipinski definition) is 0. The summed E-state index contributed by atoms with van der Waals surface area (Å²) in [6.45, 7) is 0. The van der Waals surface area contributed by atoms with Crippen molar-refractivity contribution in [2.75, 3.05) is 5.33 Å². The molecule has 1 rings (SSSR count). The van der Waals surface area contributed by atoms with Crippen LogP contribution in [0, 0.1) is 10.1 Å². The molecule has 0 aliphatic rings. The molecule has 0 bridgehead atoms. The zero-order chi connectivity index (χ0) is 11.4. The van der Waals surface area contributed by atoms with E-state index in [0.717, 1.165) is 0 Å². The molecule has 0 radical (unpaired) electrons. The number of ketones is 1. The summed E-state index contributed by atoms with van der Waals surface area (Å²) in [7, 11) is 0. The second-order valence-electron chi connectivity index (χ2n) is 2.76. The van der Waals surface area contributed by atoms with Crippen LogP contribution < -0.4 is 0 Å². The van der Waals surface area contributed by atoms with Crippen molar-refractivity contribution >= 4 is 43.3 Å². The van der Waals surface area contributed by atoms with Gasteiger partial charge in [0.1, 0.15) is 0 Å². The van der Waals surface area contributed by atoms with Gasteiger partial charge in [0.2, 0.25) is 0 Å². The molecule has 0 aliphatic heterocycles. The molecule has 0 unspecified atom stereocenters. The number of nitrogens with zero attached hydrogens (tertiary/aromatic N) is 1. The number of rotatable bonds is 4. The quantitative estimate of drug-likeness (QED) is 0.367. The molecular formula is C9H7Br2NO3. The molecule has 1 aromatic rings. The van der Waals surface area contributed by atoms with E-state index in [4.69, 9.17) is 0 Å². The molecule has 0 N–H and O–H groups in total. The number of nitro benzene ring substituents is 1. The minimum atomic E-state index is -0.550. The van der Waals surface area contributed by atoms with Gasteiger partial charge < -0.3 is 0 Å². The van der Waals surface area contributed by atoms with E-state index < -0.39 is 4.92 Å². The summed E-state index contributed by atoms with van der Waals surface area (Å²) in [6.07, 6.45) is 0.247. The Balaban J connectivity index is 3.23. The number of para-hydroxylation sites is 1. The largest absolute Gasteiger partial charge is 0.294 e. The van der Waals surface area contributed by atoms with Gasteiger partial charge in [-0.05, 0) is 28.1 Å². The molecule has 80 valence electrons. The first-order valence-corrected chi connectivity index (χ1v) is 6.01. The summed E-state index contributed by atoms with van der Waals surface area (Å²) >= 11 is 6.19. The van der Waals surface area contributed by atoms with Crippen LogP contribution in [0.4, 0.5) is 5.69 Å². The number of benzene rings is 1. The lowest BCUT2D eigenvalue weighted by Crippen LogP contribution is -2.04. The monoisotopic (exact) mass is 335 g/mol. The van der Waals surface area contributed by atoms with E-state index in [0.29, 0.717) is 9.80 Å². The van der Waals surface area contributed by atoms with E-state index in [1.807, 2.05) is 0 Å². The normalized spacial score (nSPS) is 10.0. The molecular weight excluding hydrogens is 330 g/mol. The Kier molecular flexibility index (Phi) is 4.41. The van der Waals surface area contributed by atoms with Crippen LogP contribution in [0.15, 0.2) is 22.7 Å². The maximum Gasteiger partial charge on any atom is 0.294 e. The van der Waals surface area contributed by atoms with E-state index in [2.05, 4.69) is 31.9 Å². The molecule has 0 aromatic heterocycles. The lowest BCUT2D eigenvalue weighted by Gasteiger charge is -2.02. The van der Waals surface area contributed by atoms with Gasteiger partial charge in [0.25, 0.3) is 5.69 Å². The van der Waals surface area contributed by atoms with Gasteiger partial charge in [0.15, 0.2) is 5.78 Å². The SMILES string of the molecule is O=C(CCBr)c1cccc(Br)c1[N+](=O)[O-]. The summed E-state index contributed by atoms with van der Waals surface area (Å²) < 4.78 is 0.327. The lowest BCUT2D eigenvalue weighted by atomic mass is 10.1. The summed E-state index contributed by atoms with van der Waals surface area (Å²) in [5, 5.41) is 11.3. The predicted octanol–water partition coefficient (Wildman–Crippen LogP) is 3.33. The molecule has 0 amide bonds. The van der Waals surface area contributed by atoms with Crippen LogP contribution in [0.3, 0.4) is 0 Å². The molecule has 4 nitrogen and oxygen atoms in total. The maximum atomic E-state index is 11.6. The highest BCUT2D eigenvalue weighted by atomic mass is 79.9. The number of nitro groups is 1. The second kappa shape index (κ2) is 5.37. The van der Waals surface area contributed by atoms with E-state index >= 15 is 0 Å². The summed E-state index contributed by atoms with van der Waals surface area (Å²) in [5.74, 6) is -0.236. The third kappa shape index (κ3) is 2.85. The van der Waals surface area contributed by atoms with Crippen LogP contribution in [-0.2, 0) is 0 Å². The van der Waals surface area contributed by atoms with Gasteiger partial charge in [-0.15, -0.1) is 0 Å². The first-order valence-electron chi connectivity index (χ1n) is 4.10. The minimum Gasteiger partial charge on any atom is -0.294 e. The predicted molar refractivity (Wildman–Crippen MR) is 63.5 cm³/mol. The molecule has 0 heterocycles. The second-order valence-corrected chi connectivity index (χ2v) is 4.40. The molecule has 6 heteroatoms. The highest BCUT2D eigenvalue weighted by molar-refractivity contribution is 9.10. The fraction of sp³-hybridized carbons (Fsp3) is 0.222. The van der Waals surface area contributed by atoms with Crippen LogP contribution in [0.2, 0.25) is 0 Å². The first kappa shape index (κ1) is 12.3. The molecule has 1 aromatic carbocycles. The molecule has 0 atom stereocenters. The van der Waals surface area contributed by atoms with Crippen LogP contribution in [0.5, 0.6) is 0 Å². The molecule has 0 saturated carbocycles. The van der Waals surface area contributed by atoms with Crippen LogP contribution in [0.1, 0.15) is 16.8 Å². The number of halogens is 2. The third-order valence-corrected chi connectivity index (χ3v) is 2.83. The van der Waals surface area contributed by atoms with Gasteiger partial charge >= 0.3 is 0 Å². The van der Waals surface area contributed by atoms with Crippen LogP contribution in [-0.4, -0.2) is 16.0 Å². The Morgan fingerprint density at radius 2 is 2.13 bits per heavy atom. The summed E-state index contributed by atoms with van der Waals surface area (Å²) in [6, 6.07) is 4.62. The number of carbonyl (C=O) groups is 1. The van der Waals surface area contributed by atoms with Crippen molar-refractivity contribution < 1.29 is 9.72 Å². The number of carbonyl (C=O) groups excluding carboxylic acids is 1. The lowest BCUT2D eigenvalue weighted by molar-refractivity contribution is -0.385. The number of alkyl halides is 1. The number of Topliss-reactive ketones (excluding diaryl/α,β-unsaturated/α-hetero) is 1. The fourth-order valence-electron chi connectivity index (χ4n) is 1.15. The minimum absolute atomic E-state index is 0.147. The zero-order valence-corrected chi connectivity index (χ0v) is 10.7. The molecule has 15 heavy (non-hydrogen) atoms. The first-order chi connectivity index (χ1) is 7.07. The van der Waals surface area contributed by atoms with Gasteiger partial charge in [-0.2, -0.15) is 0 Å². The third-order valence-electron chi connectivity index (χ3n) is 1.79. The van der Waals surface area contributed by atoms with Crippen LogP contribution >= 0.6 is 31.9 Å². The maximum absolute atomic E-state index is 11.6. The van der Waals surface area contributed by atoms with Gasteiger partial charge in [0.05, 0.1) is 15.0 Å². The standard InChI is InChI=1S/C9H7Br2NO3/c10-5-4-8(13)6-2-1-3-7(11)9(6)12(14)15/h1-3H,4-5H2. The average molecular weight is 337 g/mol. The van der Waals surface area contributed by atoms with Crippen molar-refractivity contribution in [3.8, 4) is 0 Å². The summed E-state index contributed by atoms with van der Waals surface area (Å²) in [4.78, 5) is 21.8. The Morgan fingerprint density at radius 3 is 2.67 bits per heavy atom. The van der Waals surface area contributed by atoms with E-state index in [1.165, 1.54) is 6.07 Å². The smallest absolute Gasteiger partial charge is 0.294 e. The summed E-state index contributed by atoms with van der Waals surface area (Å²) in [5.41, 5.74) is -0.0164. The Morgan fingerprint density at radius 1 is 1.47 bits per heavy atom. The molecule has 0 aliphatic carbocycles. The topological polar surface area (TPSA) is 60.2 Å². The van der Waals surface area contributed by atoms with E-state index in [1.54, 1.807) is 12.1 Å². The highest BCUT2D eigenvalue weighted by Crippen LogP contribution is 2.29. The van der Waals surface area contributed by atoms with Crippen molar-refractivity contribution in [2.24, 2.45) is 0 Å². The number of hydrogen-bond acceptors (Lipinski definition) is 3. The Bertz CT molecular complexity index is 406. The van der Waals surface area contributed by atoms with Crippen molar-refractivity contribution in [3.05, 3.63) is 38.3 Å². The van der Waals surface area contributed by atoms with Crippen LogP contribution in [0.25, 0.3) is 0 Å². The Labute approximate surface area is 103 Å².